The Morgan fingerprint density at radius 1 is 1.40 bits per heavy atom. The van der Waals surface area contributed by atoms with Crippen LogP contribution in [0, 0.1) is 0 Å². The number of nitrogens with one attached hydrogen (secondary N) is 1. The third kappa shape index (κ3) is 4.70. The molecule has 1 amide bonds. The molecule has 15 heavy (non-hydrogen) atoms. The van der Waals surface area contributed by atoms with E-state index in [1.54, 1.807) is 0 Å². The van der Waals surface area contributed by atoms with E-state index in [2.05, 4.69) is 5.32 Å². The van der Waals surface area contributed by atoms with Gasteiger partial charge in [0.1, 0.15) is 0 Å². The van der Waals surface area contributed by atoms with E-state index in [-0.39, 0.29) is 5.38 Å². The first-order valence-electron chi connectivity index (χ1n) is 4.86. The third-order valence-corrected chi connectivity index (χ3v) is 2.54. The van der Waals surface area contributed by atoms with Gasteiger partial charge in [-0.3, -0.25) is 0 Å². The van der Waals surface area contributed by atoms with Gasteiger partial charge in [0.05, 0.1) is 5.38 Å². The Labute approximate surface area is 94.1 Å². The summed E-state index contributed by atoms with van der Waals surface area (Å²) >= 11 is 6.15. The van der Waals surface area contributed by atoms with Gasteiger partial charge in [0.25, 0.3) is 0 Å². The van der Waals surface area contributed by atoms with Gasteiger partial charge in [0.2, 0.25) is 0 Å². The number of amides is 1. The molecule has 4 heteroatoms. The number of benzene rings is 1. The largest absolute Gasteiger partial charge is 0.465 e. The molecular formula is C11H14ClNO2. The minimum Gasteiger partial charge on any atom is -0.465 e. The number of halogens is 1. The first-order valence-corrected chi connectivity index (χ1v) is 5.29. The molecule has 1 unspecified atom stereocenters. The maximum atomic E-state index is 10.2. The molecule has 82 valence electrons. The highest BCUT2D eigenvalue weighted by atomic mass is 35.5. The minimum absolute atomic E-state index is 0.0400. The fourth-order valence-corrected chi connectivity index (χ4v) is 1.60. The molecule has 0 fully saturated rings. The molecule has 0 aliphatic heterocycles. The van der Waals surface area contributed by atoms with E-state index >= 15 is 0 Å². The number of hydrogen-bond acceptors (Lipinski definition) is 1. The molecule has 2 N–H and O–H groups in total. The van der Waals surface area contributed by atoms with E-state index in [0.29, 0.717) is 6.54 Å². The Bertz CT molecular complexity index is 303. The van der Waals surface area contributed by atoms with Crippen LogP contribution in [0.5, 0.6) is 0 Å². The summed E-state index contributed by atoms with van der Waals surface area (Å²) in [6, 6.07) is 9.78. The molecule has 1 rings (SSSR count). The van der Waals surface area contributed by atoms with Crippen molar-refractivity contribution < 1.29 is 9.90 Å². The average molecular weight is 228 g/mol. The standard InChI is InChI=1S/C11H14ClNO2/c12-10(7-4-8-13-11(14)15)9-5-2-1-3-6-9/h1-3,5-6,10,13H,4,7-8H2,(H,14,15). The molecule has 0 aromatic heterocycles. The molecule has 3 nitrogen and oxygen atoms in total. The maximum absolute atomic E-state index is 10.2. The zero-order valence-electron chi connectivity index (χ0n) is 8.32. The van der Waals surface area contributed by atoms with E-state index in [4.69, 9.17) is 16.7 Å². The molecule has 1 aromatic carbocycles. The van der Waals surface area contributed by atoms with Crippen LogP contribution in [0.3, 0.4) is 0 Å². The quantitative estimate of drug-likeness (QED) is 0.600. The summed E-state index contributed by atoms with van der Waals surface area (Å²) in [5.74, 6) is 0. The Morgan fingerprint density at radius 2 is 2.07 bits per heavy atom. The van der Waals surface area contributed by atoms with Crippen LogP contribution in [-0.2, 0) is 0 Å². The minimum atomic E-state index is -0.985. The predicted molar refractivity (Wildman–Crippen MR) is 60.3 cm³/mol. The third-order valence-electron chi connectivity index (χ3n) is 2.07. The van der Waals surface area contributed by atoms with Gasteiger partial charge in [0.15, 0.2) is 0 Å². The van der Waals surface area contributed by atoms with Crippen molar-refractivity contribution in [2.45, 2.75) is 18.2 Å². The van der Waals surface area contributed by atoms with Gasteiger partial charge < -0.3 is 10.4 Å². The number of rotatable bonds is 5. The number of carbonyl (C=O) groups is 1. The molecule has 0 saturated carbocycles. The lowest BCUT2D eigenvalue weighted by Gasteiger charge is -2.09. The molecule has 0 heterocycles. The number of alkyl halides is 1. The predicted octanol–water partition coefficient (Wildman–Crippen LogP) is 3.01. The van der Waals surface area contributed by atoms with Gasteiger partial charge in [-0.25, -0.2) is 4.79 Å². The van der Waals surface area contributed by atoms with Crippen LogP contribution in [0.4, 0.5) is 4.79 Å². The average Bonchev–Trinajstić information content (AvgIpc) is 2.25. The lowest BCUT2D eigenvalue weighted by Crippen LogP contribution is -2.21. The monoisotopic (exact) mass is 227 g/mol. The Balaban J connectivity index is 2.25. The number of carboxylic acid groups (broad SMARTS) is 1. The van der Waals surface area contributed by atoms with Crippen molar-refractivity contribution in [3.8, 4) is 0 Å². The molecule has 0 saturated heterocycles. The Kier molecular flexibility index (Phi) is 4.98. The van der Waals surface area contributed by atoms with Crippen molar-refractivity contribution in [3.63, 3.8) is 0 Å². The van der Waals surface area contributed by atoms with Crippen LogP contribution >= 0.6 is 11.6 Å². The van der Waals surface area contributed by atoms with Gasteiger partial charge in [-0.2, -0.15) is 0 Å². The SMILES string of the molecule is O=C(O)NCCCC(Cl)c1ccccc1. The van der Waals surface area contributed by atoms with Crippen LogP contribution in [-0.4, -0.2) is 17.7 Å². The van der Waals surface area contributed by atoms with Crippen LogP contribution in [0.2, 0.25) is 0 Å². The smallest absolute Gasteiger partial charge is 0.404 e. The molecule has 0 aliphatic carbocycles. The lowest BCUT2D eigenvalue weighted by atomic mass is 10.1. The van der Waals surface area contributed by atoms with E-state index in [1.165, 1.54) is 0 Å². The molecule has 0 radical (unpaired) electrons. The maximum Gasteiger partial charge on any atom is 0.404 e. The lowest BCUT2D eigenvalue weighted by molar-refractivity contribution is 0.194. The number of hydrogen-bond donors (Lipinski definition) is 2. The summed E-state index contributed by atoms with van der Waals surface area (Å²) in [6.45, 7) is 0.450. The van der Waals surface area contributed by atoms with Crippen molar-refractivity contribution in [1.29, 1.82) is 0 Å². The van der Waals surface area contributed by atoms with E-state index in [1.807, 2.05) is 30.3 Å². The Hall–Kier alpha value is -1.22. The second-order valence-electron chi connectivity index (χ2n) is 3.25. The van der Waals surface area contributed by atoms with Crippen molar-refractivity contribution in [3.05, 3.63) is 35.9 Å². The molecule has 0 bridgehead atoms. The van der Waals surface area contributed by atoms with Crippen LogP contribution in [0.1, 0.15) is 23.8 Å². The molecule has 1 atom stereocenters. The zero-order chi connectivity index (χ0) is 11.1. The molecular weight excluding hydrogens is 214 g/mol. The van der Waals surface area contributed by atoms with E-state index < -0.39 is 6.09 Å². The molecule has 0 aliphatic rings. The van der Waals surface area contributed by atoms with Crippen LogP contribution in [0.25, 0.3) is 0 Å². The Morgan fingerprint density at radius 3 is 2.67 bits per heavy atom. The fraction of sp³-hybridized carbons (Fsp3) is 0.364. The van der Waals surface area contributed by atoms with Crippen LogP contribution in [0.15, 0.2) is 30.3 Å². The van der Waals surface area contributed by atoms with Gasteiger partial charge >= 0.3 is 6.09 Å². The topological polar surface area (TPSA) is 49.3 Å². The van der Waals surface area contributed by atoms with Crippen molar-refractivity contribution >= 4 is 17.7 Å². The molecule has 1 aromatic rings. The van der Waals surface area contributed by atoms with Gasteiger partial charge in [-0.1, -0.05) is 30.3 Å². The van der Waals surface area contributed by atoms with Crippen molar-refractivity contribution in [1.82, 2.24) is 5.32 Å². The summed E-state index contributed by atoms with van der Waals surface area (Å²) in [7, 11) is 0. The highest BCUT2D eigenvalue weighted by Gasteiger charge is 2.06. The summed E-state index contributed by atoms with van der Waals surface area (Å²) in [5, 5.41) is 10.6. The van der Waals surface area contributed by atoms with Crippen molar-refractivity contribution in [2.24, 2.45) is 0 Å². The van der Waals surface area contributed by atoms with E-state index in [0.717, 1.165) is 18.4 Å². The summed E-state index contributed by atoms with van der Waals surface area (Å²) in [4.78, 5) is 10.2. The summed E-state index contributed by atoms with van der Waals surface area (Å²) < 4.78 is 0. The highest BCUT2D eigenvalue weighted by Crippen LogP contribution is 2.24. The van der Waals surface area contributed by atoms with Gasteiger partial charge in [0, 0.05) is 6.54 Å². The van der Waals surface area contributed by atoms with E-state index in [9.17, 15) is 4.79 Å². The van der Waals surface area contributed by atoms with Crippen LogP contribution < -0.4 is 5.32 Å². The highest BCUT2D eigenvalue weighted by molar-refractivity contribution is 6.20. The zero-order valence-corrected chi connectivity index (χ0v) is 9.07. The summed E-state index contributed by atoms with van der Waals surface area (Å²) in [5.41, 5.74) is 1.08. The normalized spacial score (nSPS) is 12.1. The first kappa shape index (κ1) is 11.9. The molecule has 0 spiro atoms. The summed E-state index contributed by atoms with van der Waals surface area (Å²) in [6.07, 6.45) is 0.530. The van der Waals surface area contributed by atoms with Gasteiger partial charge in [-0.15, -0.1) is 11.6 Å². The van der Waals surface area contributed by atoms with Gasteiger partial charge in [-0.05, 0) is 18.4 Å². The van der Waals surface area contributed by atoms with Crippen molar-refractivity contribution in [2.75, 3.05) is 6.54 Å². The second-order valence-corrected chi connectivity index (χ2v) is 3.78. The first-order chi connectivity index (χ1) is 7.20. The second kappa shape index (κ2) is 6.30. The fourth-order valence-electron chi connectivity index (χ4n) is 1.31.